The Morgan fingerprint density at radius 1 is 0.500 bits per heavy atom. The fourth-order valence-electron chi connectivity index (χ4n) is 1.21. The Morgan fingerprint density at radius 2 is 0.636 bits per heavy atom. The zero-order chi connectivity index (χ0) is 18.5. The molecule has 22 heavy (non-hydrogen) atoms. The van der Waals surface area contributed by atoms with Crippen molar-refractivity contribution in [3.8, 4) is 0 Å². The lowest BCUT2D eigenvalue weighted by atomic mass is 10.1. The minimum atomic E-state index is 0.750. The molecule has 0 unspecified atom stereocenters. The molecule has 0 aliphatic heterocycles. The Bertz CT molecular complexity index is 253. The van der Waals surface area contributed by atoms with Crippen LogP contribution in [-0.2, 0) is 19.2 Å². The smallest absolute Gasteiger partial charge is 0.222 e. The van der Waals surface area contributed by atoms with Crippen molar-refractivity contribution in [3.05, 3.63) is 0 Å². The molecule has 0 aliphatic carbocycles. The van der Waals surface area contributed by atoms with Gasteiger partial charge in [-0.15, -0.1) is 0 Å². The highest BCUT2D eigenvalue weighted by Crippen LogP contribution is 2.07. The summed E-state index contributed by atoms with van der Waals surface area (Å²) in [5.41, 5.74) is 0. The molecule has 0 heterocycles. The molecule has 0 aromatic heterocycles. The highest BCUT2D eigenvalue weighted by molar-refractivity contribution is 5.26. The SMILES string of the molecule is CCCCCCCCCC.N=C=O.N=C=O.N=C=O.N=C=O. The van der Waals surface area contributed by atoms with E-state index < -0.39 is 0 Å². The van der Waals surface area contributed by atoms with Crippen LogP contribution in [0.5, 0.6) is 0 Å². The lowest BCUT2D eigenvalue weighted by Crippen LogP contribution is -1.77. The normalized spacial score (nSPS) is 6.09. The third-order valence-corrected chi connectivity index (χ3v) is 1.96. The third kappa shape index (κ3) is 234. The molecule has 0 amide bonds. The molecular weight excluding hydrogens is 288 g/mol. The van der Waals surface area contributed by atoms with Gasteiger partial charge >= 0.3 is 0 Å². The summed E-state index contributed by atoms with van der Waals surface area (Å²) >= 11 is 0. The summed E-state index contributed by atoms with van der Waals surface area (Å²) in [7, 11) is 0. The molecule has 4 N–H and O–H groups in total. The van der Waals surface area contributed by atoms with Gasteiger partial charge in [0.1, 0.15) is 0 Å². The van der Waals surface area contributed by atoms with Gasteiger partial charge in [0.05, 0.1) is 0 Å². The Hall–Kier alpha value is -2.48. The molecular formula is C14H26N4O4. The molecule has 0 aliphatic rings. The van der Waals surface area contributed by atoms with Crippen molar-refractivity contribution in [2.24, 2.45) is 0 Å². The van der Waals surface area contributed by atoms with E-state index in [0.29, 0.717) is 0 Å². The minimum Gasteiger partial charge on any atom is -0.222 e. The Labute approximate surface area is 131 Å². The second kappa shape index (κ2) is 62.7. The number of unbranched alkanes of at least 4 members (excludes halogenated alkanes) is 7. The van der Waals surface area contributed by atoms with Crippen LogP contribution in [0.3, 0.4) is 0 Å². The zero-order valence-electron chi connectivity index (χ0n) is 13.3. The molecule has 0 saturated carbocycles. The average Bonchev–Trinajstić information content (AvgIpc) is 2.46. The molecule has 0 fully saturated rings. The van der Waals surface area contributed by atoms with E-state index in [0.717, 1.165) is 24.3 Å². The molecule has 8 heteroatoms. The maximum absolute atomic E-state index is 8.35. The first-order chi connectivity index (χ1) is 10.6. The van der Waals surface area contributed by atoms with Crippen LogP contribution < -0.4 is 0 Å². The summed E-state index contributed by atoms with van der Waals surface area (Å²) < 4.78 is 0. The number of hydrogen-bond donors (Lipinski definition) is 4. The van der Waals surface area contributed by atoms with Crippen molar-refractivity contribution in [1.29, 1.82) is 21.6 Å². The van der Waals surface area contributed by atoms with Crippen LogP contribution in [0.25, 0.3) is 0 Å². The maximum Gasteiger partial charge on any atom is 0.231 e. The van der Waals surface area contributed by atoms with E-state index in [2.05, 4.69) is 13.8 Å². The van der Waals surface area contributed by atoms with E-state index in [4.69, 9.17) is 40.8 Å². The van der Waals surface area contributed by atoms with Crippen molar-refractivity contribution in [1.82, 2.24) is 0 Å². The summed E-state index contributed by atoms with van der Waals surface area (Å²) in [5.74, 6) is 0. The van der Waals surface area contributed by atoms with E-state index in [1.807, 2.05) is 0 Å². The topological polar surface area (TPSA) is 164 Å². The second-order valence-electron chi connectivity index (χ2n) is 3.53. The van der Waals surface area contributed by atoms with Crippen LogP contribution in [0, 0.1) is 21.6 Å². The molecule has 0 bridgehead atoms. The number of hydrogen-bond acceptors (Lipinski definition) is 8. The molecule has 126 valence electrons. The molecule has 0 aromatic rings. The lowest BCUT2D eigenvalue weighted by Gasteiger charge is -1.97. The fourth-order valence-corrected chi connectivity index (χ4v) is 1.21. The van der Waals surface area contributed by atoms with Crippen LogP contribution in [0.4, 0.5) is 0 Å². The van der Waals surface area contributed by atoms with Gasteiger partial charge in [-0.25, -0.2) is 40.8 Å². The first-order valence-electron chi connectivity index (χ1n) is 6.73. The summed E-state index contributed by atoms with van der Waals surface area (Å²) in [6.45, 7) is 4.54. The Morgan fingerprint density at radius 3 is 0.773 bits per heavy atom. The summed E-state index contributed by atoms with van der Waals surface area (Å²) in [5, 5.41) is 21.6. The molecule has 0 radical (unpaired) electrons. The van der Waals surface area contributed by atoms with Crippen LogP contribution in [-0.4, -0.2) is 24.3 Å². The number of isocyanates is 4. The van der Waals surface area contributed by atoms with Gasteiger partial charge in [0, 0.05) is 0 Å². The predicted molar refractivity (Wildman–Crippen MR) is 81.9 cm³/mol. The van der Waals surface area contributed by atoms with E-state index in [9.17, 15) is 0 Å². The standard InChI is InChI=1S/C10H22.4CHNO/c1-3-5-7-9-10-8-6-4-2;4*2-1-3/h3-10H2,1-2H3;4*2H. The highest BCUT2D eigenvalue weighted by atomic mass is 16.1. The number of rotatable bonds is 7. The van der Waals surface area contributed by atoms with E-state index in [1.54, 1.807) is 0 Å². The van der Waals surface area contributed by atoms with Crippen LogP contribution in [0.1, 0.15) is 65.2 Å². The highest BCUT2D eigenvalue weighted by Gasteiger charge is 1.87. The first-order valence-corrected chi connectivity index (χ1v) is 6.73. The van der Waals surface area contributed by atoms with Gasteiger partial charge in [0.2, 0.25) is 24.3 Å². The fraction of sp³-hybridized carbons (Fsp3) is 0.714. The van der Waals surface area contributed by atoms with E-state index in [-0.39, 0.29) is 0 Å². The largest absolute Gasteiger partial charge is 0.231 e. The third-order valence-electron chi connectivity index (χ3n) is 1.96. The average molecular weight is 314 g/mol. The molecule has 0 aromatic carbocycles. The van der Waals surface area contributed by atoms with Crippen molar-refractivity contribution in [2.75, 3.05) is 0 Å². The van der Waals surface area contributed by atoms with Gasteiger partial charge < -0.3 is 0 Å². The van der Waals surface area contributed by atoms with Crippen LogP contribution >= 0.6 is 0 Å². The van der Waals surface area contributed by atoms with E-state index >= 15 is 0 Å². The first kappa shape index (κ1) is 31.8. The molecule has 0 atom stereocenters. The Balaban J connectivity index is -0.0000000664. The molecule has 0 spiro atoms. The monoisotopic (exact) mass is 314 g/mol. The van der Waals surface area contributed by atoms with Crippen LogP contribution in [0.15, 0.2) is 0 Å². The van der Waals surface area contributed by atoms with E-state index in [1.165, 1.54) is 51.4 Å². The quantitative estimate of drug-likeness (QED) is 0.319. The van der Waals surface area contributed by atoms with Gasteiger partial charge in [-0.05, 0) is 0 Å². The molecule has 0 rings (SSSR count). The molecule has 8 nitrogen and oxygen atoms in total. The Kier molecular flexibility index (Phi) is 90.5. The lowest BCUT2D eigenvalue weighted by molar-refractivity contribution is 0.562. The predicted octanol–water partition coefficient (Wildman–Crippen LogP) is 3.75. The van der Waals surface area contributed by atoms with Crippen molar-refractivity contribution < 1.29 is 19.2 Å². The van der Waals surface area contributed by atoms with Crippen molar-refractivity contribution in [2.45, 2.75) is 65.2 Å². The zero-order valence-corrected chi connectivity index (χ0v) is 13.3. The van der Waals surface area contributed by atoms with Gasteiger partial charge in [0.25, 0.3) is 0 Å². The number of carbonyl (C=O) groups excluding carboxylic acids is 4. The van der Waals surface area contributed by atoms with Gasteiger partial charge in [0.15, 0.2) is 0 Å². The maximum atomic E-state index is 8.35. The summed E-state index contributed by atoms with van der Waals surface area (Å²) in [6.07, 6.45) is 14.5. The van der Waals surface area contributed by atoms with Gasteiger partial charge in [-0.3, -0.25) is 0 Å². The van der Waals surface area contributed by atoms with Gasteiger partial charge in [-0.1, -0.05) is 65.2 Å². The summed E-state index contributed by atoms with van der Waals surface area (Å²) in [4.78, 5) is 33.4. The molecule has 0 saturated heterocycles. The van der Waals surface area contributed by atoms with Crippen molar-refractivity contribution >= 4 is 24.3 Å². The second-order valence-corrected chi connectivity index (χ2v) is 3.53. The van der Waals surface area contributed by atoms with Crippen molar-refractivity contribution in [3.63, 3.8) is 0 Å². The van der Waals surface area contributed by atoms with Crippen LogP contribution in [0.2, 0.25) is 0 Å². The minimum absolute atomic E-state index is 0.750. The number of nitrogens with one attached hydrogen (secondary N) is 4. The van der Waals surface area contributed by atoms with Gasteiger partial charge in [-0.2, -0.15) is 0 Å². The summed E-state index contributed by atoms with van der Waals surface area (Å²) in [6, 6.07) is 0.